The van der Waals surface area contributed by atoms with Crippen LogP contribution in [0, 0.1) is 24.2 Å². The zero-order chi connectivity index (χ0) is 27.7. The second kappa shape index (κ2) is 11.0. The summed E-state index contributed by atoms with van der Waals surface area (Å²) < 4.78 is 3.50. The number of pyridine rings is 1. The zero-order valence-electron chi connectivity index (χ0n) is 22.3. The highest BCUT2D eigenvalue weighted by Gasteiger charge is 2.26. The van der Waals surface area contributed by atoms with Gasteiger partial charge in [0.15, 0.2) is 0 Å². The first-order valence-electron chi connectivity index (χ1n) is 13.1. The summed E-state index contributed by atoms with van der Waals surface area (Å²) in [4.78, 5) is 32.8. The average molecular weight is 543 g/mol. The van der Waals surface area contributed by atoms with Gasteiger partial charge in [-0.1, -0.05) is 29.8 Å². The van der Waals surface area contributed by atoms with E-state index < -0.39 is 0 Å². The van der Waals surface area contributed by atoms with E-state index in [4.69, 9.17) is 11.6 Å². The van der Waals surface area contributed by atoms with Crippen molar-refractivity contribution in [2.45, 2.75) is 45.2 Å². The Morgan fingerprint density at radius 1 is 1.13 bits per heavy atom. The monoisotopic (exact) mass is 542 g/mol. The summed E-state index contributed by atoms with van der Waals surface area (Å²) in [5, 5.41) is 13.6. The van der Waals surface area contributed by atoms with E-state index in [1.807, 2.05) is 66.0 Å². The van der Waals surface area contributed by atoms with Crippen LogP contribution >= 0.6 is 11.6 Å². The Bertz CT molecular complexity index is 1640. The van der Waals surface area contributed by atoms with Gasteiger partial charge in [0.05, 0.1) is 44.3 Å². The second-order valence-corrected chi connectivity index (χ2v) is 10.8. The Morgan fingerprint density at radius 3 is 2.54 bits per heavy atom. The minimum Gasteiger partial charge on any atom is -0.377 e. The van der Waals surface area contributed by atoms with E-state index in [0.29, 0.717) is 40.0 Å². The van der Waals surface area contributed by atoms with Crippen LogP contribution in [0.1, 0.15) is 47.3 Å². The van der Waals surface area contributed by atoms with E-state index in [0.717, 1.165) is 42.4 Å². The fraction of sp³-hybridized carbons (Fsp3) is 0.333. The molecule has 39 heavy (non-hydrogen) atoms. The van der Waals surface area contributed by atoms with E-state index in [1.165, 1.54) is 6.20 Å². The third kappa shape index (κ3) is 5.15. The Kier molecular flexibility index (Phi) is 7.45. The molecule has 0 saturated heterocycles. The number of halogens is 1. The molecule has 0 unspecified atom stereocenters. The third-order valence-electron chi connectivity index (χ3n) is 7.61. The van der Waals surface area contributed by atoms with Gasteiger partial charge in [-0.15, -0.1) is 0 Å². The van der Waals surface area contributed by atoms with Gasteiger partial charge in [0.2, 0.25) is 0 Å². The van der Waals surface area contributed by atoms with Crippen LogP contribution in [-0.4, -0.2) is 40.2 Å². The van der Waals surface area contributed by atoms with E-state index >= 15 is 0 Å². The van der Waals surface area contributed by atoms with Gasteiger partial charge in [0.25, 0.3) is 5.91 Å². The molecule has 4 aromatic rings. The lowest BCUT2D eigenvalue weighted by Crippen LogP contribution is -2.39. The van der Waals surface area contributed by atoms with Crippen LogP contribution in [0.2, 0.25) is 5.02 Å². The molecule has 9 heteroatoms. The third-order valence-corrected chi connectivity index (χ3v) is 7.82. The summed E-state index contributed by atoms with van der Waals surface area (Å²) in [7, 11) is 3.77. The molecule has 1 aliphatic carbocycles. The molecule has 5 rings (SSSR count). The predicted octanol–water partition coefficient (Wildman–Crippen LogP) is 5.08. The number of carbonyl (C=O) groups is 1. The van der Waals surface area contributed by atoms with Crippen molar-refractivity contribution in [3.8, 4) is 11.8 Å². The maximum Gasteiger partial charge on any atom is 0.333 e. The highest BCUT2D eigenvalue weighted by molar-refractivity contribution is 6.30. The number of amides is 1. The minimum atomic E-state index is -0.154. The van der Waals surface area contributed by atoms with Gasteiger partial charge in [-0.3, -0.25) is 18.9 Å². The molecule has 1 fully saturated rings. The zero-order valence-corrected chi connectivity index (χ0v) is 23.1. The lowest BCUT2D eigenvalue weighted by Gasteiger charge is -2.29. The number of nitrogens with one attached hydrogen (secondary N) is 1. The van der Waals surface area contributed by atoms with Gasteiger partial charge < -0.3 is 10.2 Å². The molecule has 1 saturated carbocycles. The molecule has 0 radical (unpaired) electrons. The summed E-state index contributed by atoms with van der Waals surface area (Å²) in [6.45, 7) is 2.38. The van der Waals surface area contributed by atoms with Crippen LogP contribution in [0.3, 0.4) is 0 Å². The van der Waals surface area contributed by atoms with Gasteiger partial charge in [-0.2, -0.15) is 5.26 Å². The molecule has 0 aliphatic heterocycles. The molecule has 1 amide bonds. The first kappa shape index (κ1) is 26.5. The number of carbonyl (C=O) groups excluding carboxylic acids is 1. The molecular weight excluding hydrogens is 512 g/mol. The van der Waals surface area contributed by atoms with Crippen molar-refractivity contribution in [2.75, 3.05) is 19.0 Å². The van der Waals surface area contributed by atoms with E-state index in [2.05, 4.69) is 16.4 Å². The van der Waals surface area contributed by atoms with Crippen molar-refractivity contribution < 1.29 is 4.79 Å². The first-order chi connectivity index (χ1) is 18.8. The smallest absolute Gasteiger partial charge is 0.333 e. The second-order valence-electron chi connectivity index (χ2n) is 10.4. The number of fused-ring (bicyclic) bond motifs is 1. The molecule has 0 spiro atoms. The molecule has 2 aromatic carbocycles. The lowest BCUT2D eigenvalue weighted by molar-refractivity contribution is 0.0919. The van der Waals surface area contributed by atoms with Crippen molar-refractivity contribution >= 4 is 34.2 Å². The van der Waals surface area contributed by atoms with Crippen molar-refractivity contribution in [2.24, 2.45) is 5.92 Å². The van der Waals surface area contributed by atoms with Gasteiger partial charge in [0, 0.05) is 32.9 Å². The number of nitriles is 1. The van der Waals surface area contributed by atoms with E-state index in [9.17, 15) is 14.9 Å². The maximum atomic E-state index is 13.9. The molecule has 0 atom stereocenters. The number of aryl methyl sites for hydroxylation is 1. The summed E-state index contributed by atoms with van der Waals surface area (Å²) >= 11 is 6.04. The number of nitrogens with zero attached hydrogens (tertiary/aromatic N) is 5. The Morgan fingerprint density at radius 2 is 1.85 bits per heavy atom. The quantitative estimate of drug-likeness (QED) is 0.367. The number of rotatable bonds is 6. The maximum absolute atomic E-state index is 13.9. The number of benzene rings is 2. The summed E-state index contributed by atoms with van der Waals surface area (Å²) in [5.74, 6) is 0.145. The number of para-hydroxylation sites is 2. The standard InChI is InChI=1S/C30H31ClN6O2/c1-19-23(15-21(31)17-33-19)29(38)34-22-13-11-20(12-14-22)18-36-27-7-4-5-8-28(27)37(30(36)39)26-10-6-9-25(35(2)3)24(26)16-32/h4-10,15,17,20,22H,11-14,18H2,1-3H3,(H,34,38). The van der Waals surface area contributed by atoms with E-state index in [1.54, 1.807) is 17.6 Å². The predicted molar refractivity (Wildman–Crippen MR) is 154 cm³/mol. The van der Waals surface area contributed by atoms with Crippen molar-refractivity contribution in [1.82, 2.24) is 19.4 Å². The van der Waals surface area contributed by atoms with Crippen molar-refractivity contribution in [3.05, 3.63) is 87.1 Å². The highest BCUT2D eigenvalue weighted by atomic mass is 35.5. The molecule has 2 aromatic heterocycles. The molecule has 2 heterocycles. The number of imidazole rings is 1. The van der Waals surface area contributed by atoms with Gasteiger partial charge in [-0.25, -0.2) is 4.79 Å². The number of hydrogen-bond donors (Lipinski definition) is 1. The summed E-state index contributed by atoms with van der Waals surface area (Å²) in [6, 6.07) is 17.3. The van der Waals surface area contributed by atoms with Crippen LogP contribution in [0.15, 0.2) is 59.5 Å². The molecule has 1 aliphatic rings. The van der Waals surface area contributed by atoms with Crippen LogP contribution < -0.4 is 15.9 Å². The Balaban J connectivity index is 1.37. The number of anilines is 1. The number of hydrogen-bond acceptors (Lipinski definition) is 5. The fourth-order valence-electron chi connectivity index (χ4n) is 5.57. The Labute approximate surface area is 232 Å². The normalized spacial score (nSPS) is 17.1. The Hall–Kier alpha value is -4.09. The highest BCUT2D eigenvalue weighted by Crippen LogP contribution is 2.30. The van der Waals surface area contributed by atoms with Crippen LogP contribution in [0.25, 0.3) is 16.7 Å². The average Bonchev–Trinajstić information content (AvgIpc) is 3.21. The fourth-order valence-corrected chi connectivity index (χ4v) is 5.73. The van der Waals surface area contributed by atoms with Crippen molar-refractivity contribution in [3.63, 3.8) is 0 Å². The molecular formula is C30H31ClN6O2. The van der Waals surface area contributed by atoms with Gasteiger partial charge >= 0.3 is 5.69 Å². The molecule has 200 valence electrons. The molecule has 1 N–H and O–H groups in total. The van der Waals surface area contributed by atoms with Crippen LogP contribution in [0.5, 0.6) is 0 Å². The van der Waals surface area contributed by atoms with Crippen molar-refractivity contribution in [1.29, 1.82) is 5.26 Å². The number of aromatic nitrogens is 3. The van der Waals surface area contributed by atoms with E-state index in [-0.39, 0.29) is 17.6 Å². The summed E-state index contributed by atoms with van der Waals surface area (Å²) in [5.41, 5.74) is 4.44. The minimum absolute atomic E-state index is 0.0668. The topological polar surface area (TPSA) is 95.9 Å². The molecule has 0 bridgehead atoms. The van der Waals surface area contributed by atoms with Crippen LogP contribution in [0.4, 0.5) is 5.69 Å². The van der Waals surface area contributed by atoms with Crippen LogP contribution in [-0.2, 0) is 6.54 Å². The lowest BCUT2D eigenvalue weighted by atomic mass is 9.85. The SMILES string of the molecule is Cc1ncc(Cl)cc1C(=O)NC1CCC(Cn2c(=O)n(-c3cccc(N(C)C)c3C#N)c3ccccc32)CC1. The largest absolute Gasteiger partial charge is 0.377 e. The van der Waals surface area contributed by atoms with Gasteiger partial charge in [-0.05, 0) is 68.9 Å². The molecule has 8 nitrogen and oxygen atoms in total. The first-order valence-corrected chi connectivity index (χ1v) is 13.5. The summed E-state index contributed by atoms with van der Waals surface area (Å²) in [6.07, 6.45) is 4.99. The van der Waals surface area contributed by atoms with Gasteiger partial charge in [0.1, 0.15) is 6.07 Å².